The maximum Gasteiger partial charge on any atom is 0.0790 e. The first-order valence-corrected chi connectivity index (χ1v) is 8.57. The molecule has 0 radical (unpaired) electrons. The molecule has 0 aliphatic carbocycles. The zero-order valence-electron chi connectivity index (χ0n) is 12.7. The van der Waals surface area contributed by atoms with Gasteiger partial charge in [-0.1, -0.05) is 12.1 Å². The van der Waals surface area contributed by atoms with Gasteiger partial charge in [0.15, 0.2) is 0 Å². The third-order valence-corrected chi connectivity index (χ3v) is 5.39. The van der Waals surface area contributed by atoms with Crippen LogP contribution >= 0.6 is 11.3 Å². The predicted molar refractivity (Wildman–Crippen MR) is 100 cm³/mol. The highest BCUT2D eigenvalue weighted by Gasteiger charge is 2.12. The largest absolute Gasteiger partial charge is 0.361 e. The molecule has 0 bridgehead atoms. The molecule has 0 saturated heterocycles. The Labute approximate surface area is 142 Å². The highest BCUT2D eigenvalue weighted by molar-refractivity contribution is 7.22. The standard InChI is InChI=1S/C20H13N3S/c1-2-15(14-6-10-22-17(14)3-1)19-12-16-18(24-19)7-11-23-20(16)13-4-8-21-9-5-13/h1-12,22H. The van der Waals surface area contributed by atoms with Crippen LogP contribution in [-0.4, -0.2) is 15.0 Å². The predicted octanol–water partition coefficient (Wildman–Crippen LogP) is 5.51. The lowest BCUT2D eigenvalue weighted by Crippen LogP contribution is -1.83. The summed E-state index contributed by atoms with van der Waals surface area (Å²) >= 11 is 1.81. The van der Waals surface area contributed by atoms with E-state index in [1.54, 1.807) is 0 Å². The maximum atomic E-state index is 4.61. The zero-order valence-corrected chi connectivity index (χ0v) is 13.5. The highest BCUT2D eigenvalue weighted by Crippen LogP contribution is 2.39. The van der Waals surface area contributed by atoms with Crippen molar-refractivity contribution < 1.29 is 0 Å². The highest BCUT2D eigenvalue weighted by atomic mass is 32.1. The molecule has 4 aromatic heterocycles. The Balaban J connectivity index is 1.76. The van der Waals surface area contributed by atoms with E-state index >= 15 is 0 Å². The molecule has 5 rings (SSSR count). The summed E-state index contributed by atoms with van der Waals surface area (Å²) in [5, 5.41) is 2.44. The first-order valence-electron chi connectivity index (χ1n) is 7.75. The van der Waals surface area contributed by atoms with Crippen LogP contribution in [0, 0.1) is 0 Å². The van der Waals surface area contributed by atoms with Gasteiger partial charge in [0.05, 0.1) is 5.69 Å². The number of benzene rings is 1. The third-order valence-electron chi connectivity index (χ3n) is 4.26. The van der Waals surface area contributed by atoms with Gasteiger partial charge in [-0.05, 0) is 36.4 Å². The van der Waals surface area contributed by atoms with Crippen molar-refractivity contribution in [3.8, 4) is 21.7 Å². The number of thiophene rings is 1. The molecule has 1 N–H and O–H groups in total. The number of H-pyrrole nitrogens is 1. The molecular formula is C20H13N3S. The van der Waals surface area contributed by atoms with Crippen LogP contribution in [0.1, 0.15) is 0 Å². The SMILES string of the molecule is c1cc(-c2cc3c(-c4ccncc4)nccc3s2)c2cc[nH]c2c1. The van der Waals surface area contributed by atoms with Gasteiger partial charge in [-0.25, -0.2) is 0 Å². The van der Waals surface area contributed by atoms with Crippen LogP contribution in [0.15, 0.2) is 73.3 Å². The Hall–Kier alpha value is -2.98. The minimum atomic E-state index is 1.01. The molecule has 0 aliphatic heterocycles. The molecule has 1 aromatic carbocycles. The Bertz CT molecular complexity index is 1160. The van der Waals surface area contributed by atoms with E-state index in [2.05, 4.69) is 51.4 Å². The van der Waals surface area contributed by atoms with Gasteiger partial charge in [-0.15, -0.1) is 11.3 Å². The van der Waals surface area contributed by atoms with E-state index < -0.39 is 0 Å². The molecule has 24 heavy (non-hydrogen) atoms. The number of hydrogen-bond donors (Lipinski definition) is 1. The monoisotopic (exact) mass is 327 g/mol. The van der Waals surface area contributed by atoms with Gasteiger partial charge >= 0.3 is 0 Å². The van der Waals surface area contributed by atoms with Crippen LogP contribution in [0.5, 0.6) is 0 Å². The minimum Gasteiger partial charge on any atom is -0.361 e. The first kappa shape index (κ1) is 13.5. The lowest BCUT2D eigenvalue weighted by atomic mass is 10.1. The Morgan fingerprint density at radius 1 is 0.875 bits per heavy atom. The molecule has 0 saturated carbocycles. The molecule has 0 spiro atoms. The molecule has 114 valence electrons. The van der Waals surface area contributed by atoms with Crippen LogP contribution in [-0.2, 0) is 0 Å². The van der Waals surface area contributed by atoms with E-state index in [1.165, 1.54) is 25.9 Å². The van der Waals surface area contributed by atoms with Gasteiger partial charge in [-0.2, -0.15) is 0 Å². The number of hydrogen-bond acceptors (Lipinski definition) is 3. The molecule has 4 heterocycles. The number of fused-ring (bicyclic) bond motifs is 2. The summed E-state index contributed by atoms with van der Waals surface area (Å²) < 4.78 is 1.25. The van der Waals surface area contributed by atoms with Crippen molar-refractivity contribution in [1.29, 1.82) is 0 Å². The minimum absolute atomic E-state index is 1.01. The maximum absolute atomic E-state index is 4.61. The van der Waals surface area contributed by atoms with Gasteiger partial charge in [0.25, 0.3) is 0 Å². The molecule has 0 fully saturated rings. The fourth-order valence-electron chi connectivity index (χ4n) is 3.14. The topological polar surface area (TPSA) is 41.6 Å². The van der Waals surface area contributed by atoms with Crippen molar-refractivity contribution in [3.63, 3.8) is 0 Å². The lowest BCUT2D eigenvalue weighted by molar-refractivity contribution is 1.30. The van der Waals surface area contributed by atoms with Gasteiger partial charge < -0.3 is 4.98 Å². The normalized spacial score (nSPS) is 11.3. The van der Waals surface area contributed by atoms with Crippen molar-refractivity contribution in [3.05, 3.63) is 73.3 Å². The summed E-state index contributed by atoms with van der Waals surface area (Å²) in [6.07, 6.45) is 7.49. The second kappa shape index (κ2) is 5.28. The average Bonchev–Trinajstić information content (AvgIpc) is 3.28. The molecule has 0 atom stereocenters. The van der Waals surface area contributed by atoms with Crippen LogP contribution in [0.3, 0.4) is 0 Å². The fraction of sp³-hybridized carbons (Fsp3) is 0. The van der Waals surface area contributed by atoms with E-state index in [-0.39, 0.29) is 0 Å². The number of rotatable bonds is 2. The number of aromatic amines is 1. The van der Waals surface area contributed by atoms with Crippen LogP contribution in [0.2, 0.25) is 0 Å². The number of nitrogens with one attached hydrogen (secondary N) is 1. The van der Waals surface area contributed by atoms with Crippen LogP contribution < -0.4 is 0 Å². The van der Waals surface area contributed by atoms with Crippen molar-refractivity contribution in [2.24, 2.45) is 0 Å². The Kier molecular flexibility index (Phi) is 2.96. The number of nitrogens with zero attached hydrogens (tertiary/aromatic N) is 2. The molecule has 0 aliphatic rings. The van der Waals surface area contributed by atoms with Crippen LogP contribution in [0.25, 0.3) is 42.7 Å². The van der Waals surface area contributed by atoms with Crippen molar-refractivity contribution in [2.45, 2.75) is 0 Å². The third kappa shape index (κ3) is 2.04. The van der Waals surface area contributed by atoms with E-state index in [0.717, 1.165) is 16.8 Å². The van der Waals surface area contributed by atoms with Crippen LogP contribution in [0.4, 0.5) is 0 Å². The van der Waals surface area contributed by atoms with Gasteiger partial charge in [0.1, 0.15) is 0 Å². The molecule has 4 heteroatoms. The summed E-state index contributed by atoms with van der Waals surface area (Å²) in [5.41, 5.74) is 4.53. The number of aromatic nitrogens is 3. The van der Waals surface area contributed by atoms with Gasteiger partial charge in [-0.3, -0.25) is 9.97 Å². The summed E-state index contributed by atoms with van der Waals surface area (Å²) in [7, 11) is 0. The quantitative estimate of drug-likeness (QED) is 0.465. The molecule has 5 aromatic rings. The molecule has 0 unspecified atom stereocenters. The second-order valence-corrected chi connectivity index (χ2v) is 6.75. The Morgan fingerprint density at radius 3 is 2.71 bits per heavy atom. The summed E-state index contributed by atoms with van der Waals surface area (Å²) in [6, 6.07) is 16.9. The molecular weight excluding hydrogens is 314 g/mol. The van der Waals surface area contributed by atoms with E-state index in [4.69, 9.17) is 0 Å². The molecule has 0 amide bonds. The Morgan fingerprint density at radius 2 is 1.79 bits per heavy atom. The summed E-state index contributed by atoms with van der Waals surface area (Å²) in [5.74, 6) is 0. The lowest BCUT2D eigenvalue weighted by Gasteiger charge is -2.01. The number of pyridine rings is 2. The van der Waals surface area contributed by atoms with Gasteiger partial charge in [0.2, 0.25) is 0 Å². The first-order chi connectivity index (χ1) is 11.9. The smallest absolute Gasteiger partial charge is 0.0790 e. The summed E-state index contributed by atoms with van der Waals surface area (Å²) in [4.78, 5) is 13.3. The van der Waals surface area contributed by atoms with Crippen molar-refractivity contribution in [2.75, 3.05) is 0 Å². The van der Waals surface area contributed by atoms with Gasteiger partial charge in [0, 0.05) is 61.8 Å². The average molecular weight is 327 g/mol. The second-order valence-electron chi connectivity index (χ2n) is 5.66. The van der Waals surface area contributed by atoms with E-state index in [1.807, 2.05) is 48.3 Å². The van der Waals surface area contributed by atoms with Crippen molar-refractivity contribution in [1.82, 2.24) is 15.0 Å². The van der Waals surface area contributed by atoms with E-state index in [9.17, 15) is 0 Å². The van der Waals surface area contributed by atoms with E-state index in [0.29, 0.717) is 0 Å². The molecule has 3 nitrogen and oxygen atoms in total. The zero-order chi connectivity index (χ0) is 15.9. The summed E-state index contributed by atoms with van der Waals surface area (Å²) in [6.45, 7) is 0. The van der Waals surface area contributed by atoms with Crippen molar-refractivity contribution >= 4 is 32.3 Å². The fourth-order valence-corrected chi connectivity index (χ4v) is 4.23.